The van der Waals surface area contributed by atoms with E-state index in [-0.39, 0.29) is 22.8 Å². The van der Waals surface area contributed by atoms with Crippen LogP contribution in [0.25, 0.3) is 11.5 Å². The van der Waals surface area contributed by atoms with Crippen LogP contribution in [0.15, 0.2) is 47.2 Å². The number of benzene rings is 2. The number of nitrogen functional groups attached to an aromatic ring is 1. The predicted molar refractivity (Wildman–Crippen MR) is 101 cm³/mol. The molecule has 29 heavy (non-hydrogen) atoms. The lowest BCUT2D eigenvalue weighted by molar-refractivity contribution is -0.385. The largest absolute Gasteiger partial charge is 0.423 e. The minimum atomic E-state index is -0.548. The lowest BCUT2D eigenvalue weighted by atomic mass is 10.1. The van der Waals surface area contributed by atoms with Gasteiger partial charge >= 0.3 is 0 Å². The van der Waals surface area contributed by atoms with Gasteiger partial charge in [0.05, 0.1) is 9.85 Å². The van der Waals surface area contributed by atoms with Crippen molar-refractivity contribution in [3.05, 3.63) is 79.7 Å². The van der Waals surface area contributed by atoms with Gasteiger partial charge in [0, 0.05) is 34.4 Å². The van der Waals surface area contributed by atoms with Crippen LogP contribution in [0.4, 0.5) is 11.4 Å². The summed E-state index contributed by atoms with van der Waals surface area (Å²) >= 11 is 0. The quantitative estimate of drug-likeness (QED) is 0.288. The molecule has 2 aromatic carbocycles. The number of rotatable bonds is 4. The molecule has 0 aliphatic carbocycles. The molecule has 0 atom stereocenters. The fourth-order valence-electron chi connectivity index (χ4n) is 2.27. The lowest BCUT2D eigenvalue weighted by Gasteiger charge is -2.01. The van der Waals surface area contributed by atoms with E-state index in [4.69, 9.17) is 10.3 Å². The summed E-state index contributed by atoms with van der Waals surface area (Å²) in [5, 5.41) is 28.4. The van der Waals surface area contributed by atoms with E-state index in [0.717, 1.165) is 0 Å². The topological polar surface area (TPSA) is 180 Å². The third-order valence-corrected chi connectivity index (χ3v) is 3.81. The molecule has 0 aliphatic heterocycles. The van der Waals surface area contributed by atoms with E-state index in [2.05, 4.69) is 10.2 Å². The molecule has 0 saturated carbocycles. The second kappa shape index (κ2) is 9.14. The molecule has 3 N–H and O–H groups in total. The van der Waals surface area contributed by atoms with Crippen molar-refractivity contribution >= 4 is 17.3 Å². The van der Waals surface area contributed by atoms with Crippen LogP contribution in [0, 0.1) is 34.1 Å². The zero-order chi connectivity index (χ0) is 21.6. The standard InChI is InChI=1S/C9H7N3O3.C8H9N3O3/c1-6-2-3-7(4-8(6)12(13)14)9-11-10-5-15-9;1-5-2-3-6(8(12)10-9)4-7(5)11(13)14/h2-5H,1H3;2-4H,9H2,1H3,(H,10,12). The van der Waals surface area contributed by atoms with E-state index in [0.29, 0.717) is 16.7 Å². The Morgan fingerprint density at radius 1 is 1.03 bits per heavy atom. The molecule has 0 bridgehead atoms. The number of hydrogen-bond donors (Lipinski definition) is 2. The van der Waals surface area contributed by atoms with Gasteiger partial charge in [-0.1, -0.05) is 12.1 Å². The molecule has 0 radical (unpaired) electrons. The van der Waals surface area contributed by atoms with E-state index < -0.39 is 15.8 Å². The number of nitro groups is 2. The van der Waals surface area contributed by atoms with Crippen molar-refractivity contribution in [2.45, 2.75) is 13.8 Å². The molecule has 0 saturated heterocycles. The van der Waals surface area contributed by atoms with Crippen molar-refractivity contribution in [1.82, 2.24) is 15.6 Å². The second-order valence-electron chi connectivity index (χ2n) is 5.73. The monoisotopic (exact) mass is 400 g/mol. The van der Waals surface area contributed by atoms with Gasteiger partial charge in [-0.15, -0.1) is 10.2 Å². The third kappa shape index (κ3) is 5.17. The fraction of sp³-hybridized carbons (Fsp3) is 0.118. The maximum absolute atomic E-state index is 11.0. The number of nitrogens with one attached hydrogen (secondary N) is 1. The van der Waals surface area contributed by atoms with Crippen molar-refractivity contribution in [3.8, 4) is 11.5 Å². The second-order valence-corrected chi connectivity index (χ2v) is 5.73. The van der Waals surface area contributed by atoms with Gasteiger partial charge in [-0.05, 0) is 26.0 Å². The molecule has 0 fully saturated rings. The highest BCUT2D eigenvalue weighted by molar-refractivity contribution is 5.94. The number of aromatic nitrogens is 2. The summed E-state index contributed by atoms with van der Waals surface area (Å²) in [5.74, 6) is 4.63. The maximum Gasteiger partial charge on any atom is 0.273 e. The zero-order valence-corrected chi connectivity index (χ0v) is 15.4. The Morgan fingerprint density at radius 2 is 1.62 bits per heavy atom. The molecule has 1 amide bonds. The van der Waals surface area contributed by atoms with Gasteiger partial charge in [0.15, 0.2) is 0 Å². The van der Waals surface area contributed by atoms with Gasteiger partial charge in [-0.25, -0.2) is 5.84 Å². The van der Waals surface area contributed by atoms with Gasteiger partial charge in [0.2, 0.25) is 12.3 Å². The average molecular weight is 400 g/mol. The molecule has 3 rings (SSSR count). The van der Waals surface area contributed by atoms with E-state index in [1.54, 1.807) is 26.0 Å². The van der Waals surface area contributed by atoms with Crippen LogP contribution in [0.1, 0.15) is 21.5 Å². The number of amides is 1. The van der Waals surface area contributed by atoms with Crippen LogP contribution in [0.2, 0.25) is 0 Å². The number of hydrazine groups is 1. The first-order valence-corrected chi connectivity index (χ1v) is 8.02. The van der Waals surface area contributed by atoms with Crippen LogP contribution in [0.3, 0.4) is 0 Å². The summed E-state index contributed by atoms with van der Waals surface area (Å²) in [5.41, 5.74) is 3.68. The van der Waals surface area contributed by atoms with Crippen LogP contribution in [-0.2, 0) is 0 Å². The number of nitrogens with two attached hydrogens (primary N) is 1. The van der Waals surface area contributed by atoms with Crippen LogP contribution in [-0.4, -0.2) is 26.0 Å². The molecule has 1 heterocycles. The minimum Gasteiger partial charge on any atom is -0.423 e. The van der Waals surface area contributed by atoms with Crippen molar-refractivity contribution in [1.29, 1.82) is 0 Å². The Hall–Kier alpha value is -4.19. The number of carbonyl (C=O) groups excluding carboxylic acids is 1. The number of carbonyl (C=O) groups is 1. The van der Waals surface area contributed by atoms with Gasteiger partial charge in [0.25, 0.3) is 17.3 Å². The molecular weight excluding hydrogens is 384 g/mol. The Labute approximate surface area is 163 Å². The number of nitro benzene ring substituents is 2. The number of hydrogen-bond acceptors (Lipinski definition) is 9. The smallest absolute Gasteiger partial charge is 0.273 e. The summed E-state index contributed by atoms with van der Waals surface area (Å²) in [4.78, 5) is 31.3. The maximum atomic E-state index is 11.0. The van der Waals surface area contributed by atoms with E-state index in [1.165, 1.54) is 30.7 Å². The average Bonchev–Trinajstić information content (AvgIpc) is 3.23. The van der Waals surface area contributed by atoms with E-state index >= 15 is 0 Å². The molecule has 0 spiro atoms. The molecule has 1 aromatic heterocycles. The summed E-state index contributed by atoms with van der Waals surface area (Å²) in [6.45, 7) is 3.28. The Kier molecular flexibility index (Phi) is 6.66. The van der Waals surface area contributed by atoms with Crippen LogP contribution < -0.4 is 11.3 Å². The summed E-state index contributed by atoms with van der Waals surface area (Å²) < 4.78 is 4.95. The van der Waals surface area contributed by atoms with E-state index in [9.17, 15) is 25.0 Å². The van der Waals surface area contributed by atoms with Crippen molar-refractivity contribution in [2.75, 3.05) is 0 Å². The predicted octanol–water partition coefficient (Wildman–Crippen LogP) is 2.46. The third-order valence-electron chi connectivity index (χ3n) is 3.81. The number of nitrogens with zero attached hydrogens (tertiary/aromatic N) is 4. The van der Waals surface area contributed by atoms with Gasteiger partial charge in [0.1, 0.15) is 0 Å². The van der Waals surface area contributed by atoms with Gasteiger partial charge in [-0.2, -0.15) is 0 Å². The Balaban J connectivity index is 0.000000208. The molecule has 0 aliphatic rings. The molecule has 12 nitrogen and oxygen atoms in total. The van der Waals surface area contributed by atoms with Gasteiger partial charge < -0.3 is 4.42 Å². The first kappa shape index (κ1) is 21.1. The highest BCUT2D eigenvalue weighted by atomic mass is 16.6. The Bertz CT molecular complexity index is 1050. The van der Waals surface area contributed by atoms with Crippen molar-refractivity contribution < 1.29 is 19.1 Å². The molecule has 12 heteroatoms. The number of aryl methyl sites for hydroxylation is 2. The fourth-order valence-corrected chi connectivity index (χ4v) is 2.27. The summed E-state index contributed by atoms with van der Waals surface area (Å²) in [6.07, 6.45) is 1.18. The Morgan fingerprint density at radius 3 is 2.14 bits per heavy atom. The van der Waals surface area contributed by atoms with Gasteiger partial charge in [-0.3, -0.25) is 30.4 Å². The molecule has 3 aromatic rings. The first-order valence-electron chi connectivity index (χ1n) is 8.02. The first-order chi connectivity index (χ1) is 13.7. The lowest BCUT2D eigenvalue weighted by Crippen LogP contribution is -2.29. The molecule has 150 valence electrons. The van der Waals surface area contributed by atoms with E-state index in [1.807, 2.05) is 5.43 Å². The molecule has 0 unspecified atom stereocenters. The van der Waals surface area contributed by atoms with Crippen LogP contribution >= 0.6 is 0 Å². The molecular formula is C17H16N6O6. The highest BCUT2D eigenvalue weighted by Gasteiger charge is 2.14. The normalized spacial score (nSPS) is 9.90. The SMILES string of the molecule is Cc1ccc(-c2nnco2)cc1[N+](=O)[O-].Cc1ccc(C(=O)NN)cc1[N+](=O)[O-]. The minimum absolute atomic E-state index is 0.0469. The highest BCUT2D eigenvalue weighted by Crippen LogP contribution is 2.25. The van der Waals surface area contributed by atoms with Crippen molar-refractivity contribution in [2.24, 2.45) is 5.84 Å². The van der Waals surface area contributed by atoms with Crippen LogP contribution in [0.5, 0.6) is 0 Å². The summed E-state index contributed by atoms with van der Waals surface area (Å²) in [7, 11) is 0. The summed E-state index contributed by atoms with van der Waals surface area (Å²) in [6, 6.07) is 8.95. The zero-order valence-electron chi connectivity index (χ0n) is 15.4. The van der Waals surface area contributed by atoms with Crippen molar-refractivity contribution in [3.63, 3.8) is 0 Å².